The lowest BCUT2D eigenvalue weighted by Crippen LogP contribution is -2.49. The minimum absolute atomic E-state index is 0.0523. The van der Waals surface area contributed by atoms with E-state index >= 15 is 0 Å². The summed E-state index contributed by atoms with van der Waals surface area (Å²) in [7, 11) is 3.11. The highest BCUT2D eigenvalue weighted by Crippen LogP contribution is 2.32. The van der Waals surface area contributed by atoms with Gasteiger partial charge in [-0.15, -0.1) is 0 Å². The first kappa shape index (κ1) is 18.8. The number of carbonyl (C=O) groups is 1. The Morgan fingerprint density at radius 2 is 1.65 bits per heavy atom. The summed E-state index contributed by atoms with van der Waals surface area (Å²) in [5, 5.41) is 0. The number of piperazine rings is 1. The predicted molar refractivity (Wildman–Crippen MR) is 107 cm³/mol. The van der Waals surface area contributed by atoms with Crippen LogP contribution in [0, 0.1) is 9.39 Å². The molecule has 1 amide bonds. The number of anilines is 1. The average molecular weight is 470 g/mol. The van der Waals surface area contributed by atoms with Crippen molar-refractivity contribution in [3.05, 3.63) is 51.3 Å². The van der Waals surface area contributed by atoms with Crippen LogP contribution in [0.1, 0.15) is 10.4 Å². The van der Waals surface area contributed by atoms with Crippen molar-refractivity contribution in [1.82, 2.24) is 4.90 Å². The molecule has 2 aromatic carbocycles. The average Bonchev–Trinajstić information content (AvgIpc) is 2.67. The van der Waals surface area contributed by atoms with Crippen LogP contribution in [0.2, 0.25) is 0 Å². The summed E-state index contributed by atoms with van der Waals surface area (Å²) in [6.07, 6.45) is 0. The Hall–Kier alpha value is -2.03. The van der Waals surface area contributed by atoms with Crippen LogP contribution in [0.3, 0.4) is 0 Å². The standard InChI is InChI=1S/C19H20FIN2O3/c1-25-17-11-13(15(21)12-18(17)26-2)19(24)23-9-7-22(8-10-23)16-6-4-3-5-14(16)20/h3-6,11-12H,7-10H2,1-2H3. The van der Waals surface area contributed by atoms with Crippen molar-refractivity contribution in [3.63, 3.8) is 0 Å². The maximum absolute atomic E-state index is 14.0. The first-order chi connectivity index (χ1) is 12.5. The molecular weight excluding hydrogens is 450 g/mol. The summed E-state index contributed by atoms with van der Waals surface area (Å²) >= 11 is 2.13. The smallest absolute Gasteiger partial charge is 0.255 e. The minimum atomic E-state index is -0.235. The van der Waals surface area contributed by atoms with E-state index in [-0.39, 0.29) is 11.7 Å². The van der Waals surface area contributed by atoms with Crippen molar-refractivity contribution in [2.24, 2.45) is 0 Å². The van der Waals surface area contributed by atoms with Crippen LogP contribution < -0.4 is 14.4 Å². The molecule has 7 heteroatoms. The van der Waals surface area contributed by atoms with E-state index in [9.17, 15) is 9.18 Å². The number of hydrogen-bond donors (Lipinski definition) is 0. The fraction of sp³-hybridized carbons (Fsp3) is 0.316. The van der Waals surface area contributed by atoms with Crippen LogP contribution in [-0.2, 0) is 0 Å². The lowest BCUT2D eigenvalue weighted by Gasteiger charge is -2.36. The molecule has 1 heterocycles. The van der Waals surface area contributed by atoms with Gasteiger partial charge in [0.05, 0.1) is 25.5 Å². The van der Waals surface area contributed by atoms with Crippen molar-refractivity contribution in [2.45, 2.75) is 0 Å². The van der Waals surface area contributed by atoms with Gasteiger partial charge in [-0.2, -0.15) is 0 Å². The van der Waals surface area contributed by atoms with E-state index in [1.807, 2.05) is 11.0 Å². The summed E-state index contributed by atoms with van der Waals surface area (Å²) in [6.45, 7) is 2.27. The molecular formula is C19H20FIN2O3. The molecule has 0 N–H and O–H groups in total. The molecule has 0 saturated carbocycles. The van der Waals surface area contributed by atoms with Gasteiger partial charge in [-0.25, -0.2) is 4.39 Å². The molecule has 1 aliphatic rings. The lowest BCUT2D eigenvalue weighted by atomic mass is 10.1. The summed E-state index contributed by atoms with van der Waals surface area (Å²) in [4.78, 5) is 16.7. The van der Waals surface area contributed by atoms with E-state index in [4.69, 9.17) is 9.47 Å². The highest BCUT2D eigenvalue weighted by molar-refractivity contribution is 14.1. The zero-order chi connectivity index (χ0) is 18.7. The lowest BCUT2D eigenvalue weighted by molar-refractivity contribution is 0.0745. The largest absolute Gasteiger partial charge is 0.493 e. The van der Waals surface area contributed by atoms with Gasteiger partial charge in [0.1, 0.15) is 5.82 Å². The van der Waals surface area contributed by atoms with Crippen LogP contribution in [0.15, 0.2) is 36.4 Å². The molecule has 0 bridgehead atoms. The quantitative estimate of drug-likeness (QED) is 0.643. The Kier molecular flexibility index (Phi) is 5.85. The van der Waals surface area contributed by atoms with Crippen molar-refractivity contribution in [1.29, 1.82) is 0 Å². The molecule has 0 unspecified atom stereocenters. The number of hydrogen-bond acceptors (Lipinski definition) is 4. The van der Waals surface area contributed by atoms with Crippen LogP contribution in [-0.4, -0.2) is 51.2 Å². The molecule has 1 fully saturated rings. The normalized spacial score (nSPS) is 14.3. The minimum Gasteiger partial charge on any atom is -0.493 e. The second kappa shape index (κ2) is 8.11. The van der Waals surface area contributed by atoms with E-state index in [2.05, 4.69) is 22.6 Å². The Labute approximate surface area is 165 Å². The second-order valence-electron chi connectivity index (χ2n) is 5.92. The Balaban J connectivity index is 1.74. The maximum atomic E-state index is 14.0. The first-order valence-corrected chi connectivity index (χ1v) is 9.33. The zero-order valence-corrected chi connectivity index (χ0v) is 16.8. The third-order valence-electron chi connectivity index (χ3n) is 4.46. The molecule has 1 aliphatic heterocycles. The van der Waals surface area contributed by atoms with Gasteiger partial charge in [-0.1, -0.05) is 12.1 Å². The number of carbonyl (C=O) groups excluding carboxylic acids is 1. The summed E-state index contributed by atoms with van der Waals surface area (Å²) < 4.78 is 25.3. The topological polar surface area (TPSA) is 42.0 Å². The fourth-order valence-corrected chi connectivity index (χ4v) is 3.72. The maximum Gasteiger partial charge on any atom is 0.255 e. The van der Waals surface area contributed by atoms with Crippen molar-refractivity contribution >= 4 is 34.2 Å². The molecule has 0 aromatic heterocycles. The molecule has 138 valence electrons. The SMILES string of the molecule is COc1cc(I)c(C(=O)N2CCN(c3ccccc3F)CC2)cc1OC. The van der Waals surface area contributed by atoms with Gasteiger partial charge in [0.25, 0.3) is 5.91 Å². The van der Waals surface area contributed by atoms with Gasteiger partial charge in [0, 0.05) is 29.7 Å². The van der Waals surface area contributed by atoms with Crippen LogP contribution >= 0.6 is 22.6 Å². The number of methoxy groups -OCH3 is 2. The van der Waals surface area contributed by atoms with E-state index in [0.29, 0.717) is 48.9 Å². The van der Waals surface area contributed by atoms with Gasteiger partial charge in [-0.3, -0.25) is 4.79 Å². The van der Waals surface area contributed by atoms with Gasteiger partial charge < -0.3 is 19.3 Å². The van der Waals surface area contributed by atoms with E-state index in [0.717, 1.165) is 3.57 Å². The van der Waals surface area contributed by atoms with Crippen LogP contribution in [0.4, 0.5) is 10.1 Å². The van der Waals surface area contributed by atoms with Gasteiger partial charge in [0.15, 0.2) is 11.5 Å². The van der Waals surface area contributed by atoms with Gasteiger partial charge >= 0.3 is 0 Å². The number of ether oxygens (including phenoxy) is 2. The fourth-order valence-electron chi connectivity index (χ4n) is 3.05. The summed E-state index contributed by atoms with van der Waals surface area (Å²) in [5.74, 6) is 0.837. The van der Waals surface area contributed by atoms with Crippen molar-refractivity contribution in [2.75, 3.05) is 45.3 Å². The Morgan fingerprint density at radius 1 is 1.04 bits per heavy atom. The molecule has 26 heavy (non-hydrogen) atoms. The zero-order valence-electron chi connectivity index (χ0n) is 14.7. The first-order valence-electron chi connectivity index (χ1n) is 8.25. The highest BCUT2D eigenvalue weighted by atomic mass is 127. The molecule has 0 spiro atoms. The third kappa shape index (κ3) is 3.72. The monoisotopic (exact) mass is 470 g/mol. The number of nitrogens with zero attached hydrogens (tertiary/aromatic N) is 2. The molecule has 1 saturated heterocycles. The third-order valence-corrected chi connectivity index (χ3v) is 5.36. The number of amides is 1. The Morgan fingerprint density at radius 3 is 2.27 bits per heavy atom. The van der Waals surface area contributed by atoms with E-state index < -0.39 is 0 Å². The number of rotatable bonds is 4. The number of halogens is 2. The summed E-state index contributed by atoms with van der Waals surface area (Å²) in [5.41, 5.74) is 1.17. The van der Waals surface area contributed by atoms with Crippen LogP contribution in [0.5, 0.6) is 11.5 Å². The van der Waals surface area contributed by atoms with E-state index in [1.165, 1.54) is 6.07 Å². The second-order valence-corrected chi connectivity index (χ2v) is 7.08. The number of benzene rings is 2. The molecule has 5 nitrogen and oxygen atoms in total. The van der Waals surface area contributed by atoms with Gasteiger partial charge in [-0.05, 0) is 46.9 Å². The summed E-state index contributed by atoms with van der Waals surface area (Å²) in [6, 6.07) is 10.2. The molecule has 0 atom stereocenters. The molecule has 0 radical (unpaired) electrons. The van der Waals surface area contributed by atoms with Crippen LogP contribution in [0.25, 0.3) is 0 Å². The molecule has 3 rings (SSSR count). The molecule has 2 aromatic rings. The Bertz CT molecular complexity index is 807. The van der Waals surface area contributed by atoms with Crippen molar-refractivity contribution in [3.8, 4) is 11.5 Å². The number of para-hydroxylation sites is 1. The predicted octanol–water partition coefficient (Wildman–Crippen LogP) is 3.41. The van der Waals surface area contributed by atoms with Gasteiger partial charge in [0.2, 0.25) is 0 Å². The van der Waals surface area contributed by atoms with Crippen molar-refractivity contribution < 1.29 is 18.7 Å². The highest BCUT2D eigenvalue weighted by Gasteiger charge is 2.25. The van der Waals surface area contributed by atoms with E-state index in [1.54, 1.807) is 43.4 Å². The molecule has 0 aliphatic carbocycles.